The van der Waals surface area contributed by atoms with Crippen LogP contribution < -0.4 is 16.4 Å². The molecule has 0 amide bonds. The molecule has 78 valence electrons. The minimum absolute atomic E-state index is 0. The van der Waals surface area contributed by atoms with Crippen molar-refractivity contribution in [1.82, 2.24) is 16.4 Å². The van der Waals surface area contributed by atoms with Crippen LogP contribution in [0.3, 0.4) is 0 Å². The molecule has 0 spiro atoms. The predicted molar refractivity (Wildman–Crippen MR) is 50.4 cm³/mol. The van der Waals surface area contributed by atoms with E-state index in [1.807, 2.05) is 0 Å². The molecule has 1 aliphatic heterocycles. The van der Waals surface area contributed by atoms with Gasteiger partial charge in [0.2, 0.25) is 0 Å². The van der Waals surface area contributed by atoms with Crippen molar-refractivity contribution < 1.29 is 20.4 Å². The molecule has 0 aliphatic carbocycles. The number of nitrogens with one attached hydrogen (secondary N) is 3. The second-order valence-electron chi connectivity index (χ2n) is 2.39. The summed E-state index contributed by atoms with van der Waals surface area (Å²) in [5.41, 5.74) is 9.06. The monoisotopic (exact) mass is 265 g/mol. The minimum Gasteiger partial charge on any atom is -0.358 e. The van der Waals surface area contributed by atoms with Crippen LogP contribution in [0.25, 0.3) is 0 Å². The van der Waals surface area contributed by atoms with Crippen LogP contribution in [-0.2, 0) is 20.4 Å². The fourth-order valence-corrected chi connectivity index (χ4v) is 0.968. The maximum absolute atomic E-state index is 3.07. The van der Waals surface area contributed by atoms with Crippen molar-refractivity contribution in [2.45, 2.75) is 25.7 Å². The van der Waals surface area contributed by atoms with Crippen molar-refractivity contribution in [3.8, 4) is 0 Å². The Bertz CT molecular complexity index is 42.8. The quantitative estimate of drug-likeness (QED) is 0.453. The molecule has 4 heteroatoms. The van der Waals surface area contributed by atoms with Gasteiger partial charge in [0.25, 0.3) is 0 Å². The molecule has 0 bridgehead atoms. The second-order valence-corrected chi connectivity index (χ2v) is 2.39. The van der Waals surface area contributed by atoms with E-state index in [1.54, 1.807) is 0 Å². The van der Waals surface area contributed by atoms with Gasteiger partial charge < -0.3 is 14.9 Å². The Morgan fingerprint density at radius 1 is 0.667 bits per heavy atom. The summed E-state index contributed by atoms with van der Waals surface area (Å²) in [4.78, 5) is 0. The first-order valence-corrected chi connectivity index (χ1v) is 3.71. The summed E-state index contributed by atoms with van der Waals surface area (Å²) in [5.74, 6) is 0. The van der Waals surface area contributed by atoms with Gasteiger partial charge in [-0.15, -0.1) is 0 Å². The molecule has 0 aromatic rings. The van der Waals surface area contributed by atoms with E-state index in [9.17, 15) is 0 Å². The van der Waals surface area contributed by atoms with Crippen LogP contribution in [0.5, 0.6) is 0 Å². The molecule has 0 atom stereocenters. The second kappa shape index (κ2) is 14.1. The zero-order chi connectivity index (χ0) is 6.36. The molecule has 1 heterocycles. The standard InChI is InChI=1S/C6H15N3.2CH3.Pd/c1-2-4-6-8-9-7-5-3-1;;;/h7-9H,1-6H2;2*1H3;/q;2*-1;+2. The van der Waals surface area contributed by atoms with Gasteiger partial charge in [-0.25, -0.2) is 10.9 Å². The van der Waals surface area contributed by atoms with Crippen molar-refractivity contribution in [2.24, 2.45) is 0 Å². The van der Waals surface area contributed by atoms with Crippen molar-refractivity contribution in [2.75, 3.05) is 13.1 Å². The van der Waals surface area contributed by atoms with E-state index in [1.165, 1.54) is 25.7 Å². The Hall–Kier alpha value is 0.542. The zero-order valence-electron chi connectivity index (χ0n) is 8.06. The summed E-state index contributed by atoms with van der Waals surface area (Å²) in [7, 11) is 0. The molecule has 1 saturated heterocycles. The average molecular weight is 266 g/mol. The van der Waals surface area contributed by atoms with E-state index >= 15 is 0 Å². The number of rotatable bonds is 0. The van der Waals surface area contributed by atoms with E-state index in [4.69, 9.17) is 0 Å². The fraction of sp³-hybridized carbons (Fsp3) is 0.750. The first kappa shape index (κ1) is 18.4. The van der Waals surface area contributed by atoms with Crippen LogP contribution in [0.4, 0.5) is 0 Å². The SMILES string of the molecule is C1CCCNNNCC1.[CH3-].[CH3-].[Pd+2]. The van der Waals surface area contributed by atoms with Crippen LogP contribution in [-0.4, -0.2) is 13.1 Å². The van der Waals surface area contributed by atoms with E-state index in [0.717, 1.165) is 13.1 Å². The zero-order valence-corrected chi connectivity index (χ0v) is 9.61. The summed E-state index contributed by atoms with van der Waals surface area (Å²) in [5, 5.41) is 0. The fourth-order valence-electron chi connectivity index (χ4n) is 0.968. The smallest absolute Gasteiger partial charge is 0.358 e. The third kappa shape index (κ3) is 10.5. The Labute approximate surface area is 90.7 Å². The van der Waals surface area contributed by atoms with Gasteiger partial charge in [0.05, 0.1) is 0 Å². The predicted octanol–water partition coefficient (Wildman–Crippen LogP) is 1.06. The summed E-state index contributed by atoms with van der Waals surface area (Å²) in [6.45, 7) is 2.15. The largest absolute Gasteiger partial charge is 2.00 e. The van der Waals surface area contributed by atoms with E-state index in [-0.39, 0.29) is 35.3 Å². The van der Waals surface area contributed by atoms with Crippen molar-refractivity contribution in [1.29, 1.82) is 0 Å². The van der Waals surface area contributed by atoms with Gasteiger partial charge in [-0.05, 0) is 12.8 Å². The molecule has 12 heavy (non-hydrogen) atoms. The molecule has 1 aliphatic rings. The van der Waals surface area contributed by atoms with E-state index < -0.39 is 0 Å². The normalized spacial score (nSPS) is 18.0. The van der Waals surface area contributed by atoms with E-state index in [2.05, 4.69) is 16.4 Å². The molecule has 1 fully saturated rings. The first-order chi connectivity index (χ1) is 4.50. The van der Waals surface area contributed by atoms with Crippen molar-refractivity contribution in [3.63, 3.8) is 0 Å². The van der Waals surface area contributed by atoms with E-state index in [0.29, 0.717) is 0 Å². The molecule has 0 aromatic carbocycles. The van der Waals surface area contributed by atoms with Gasteiger partial charge in [-0.2, -0.15) is 5.53 Å². The minimum atomic E-state index is 0. The molecule has 0 unspecified atom stereocenters. The van der Waals surface area contributed by atoms with Gasteiger partial charge >= 0.3 is 20.4 Å². The topological polar surface area (TPSA) is 36.1 Å². The summed E-state index contributed by atoms with van der Waals surface area (Å²) >= 11 is 0. The average Bonchev–Trinajstić information content (AvgIpc) is 2.00. The number of hydrogen-bond donors (Lipinski definition) is 3. The maximum atomic E-state index is 3.07. The molecular formula is C8H21N3Pd. The molecule has 0 radical (unpaired) electrons. The van der Waals surface area contributed by atoms with Crippen LogP contribution in [0, 0.1) is 14.9 Å². The van der Waals surface area contributed by atoms with Crippen LogP contribution in [0.2, 0.25) is 0 Å². The molecular weight excluding hydrogens is 245 g/mol. The molecule has 3 nitrogen and oxygen atoms in total. The number of hydrogen-bond acceptors (Lipinski definition) is 3. The van der Waals surface area contributed by atoms with Gasteiger partial charge in [-0.1, -0.05) is 12.8 Å². The number of hydrazine groups is 2. The molecule has 0 aromatic heterocycles. The third-order valence-corrected chi connectivity index (χ3v) is 1.53. The Morgan fingerprint density at radius 3 is 1.50 bits per heavy atom. The molecule has 0 saturated carbocycles. The van der Waals surface area contributed by atoms with Crippen LogP contribution in [0.15, 0.2) is 0 Å². The summed E-state index contributed by atoms with van der Waals surface area (Å²) in [6.07, 6.45) is 5.29. The Morgan fingerprint density at radius 2 is 1.08 bits per heavy atom. The van der Waals surface area contributed by atoms with Gasteiger partial charge in [0.15, 0.2) is 0 Å². The Balaban J connectivity index is -0.000000270. The Kier molecular flexibility index (Phi) is 21.5. The molecule has 1 rings (SSSR count). The van der Waals surface area contributed by atoms with Crippen LogP contribution in [0.1, 0.15) is 25.7 Å². The molecule has 3 N–H and O–H groups in total. The van der Waals surface area contributed by atoms with Crippen LogP contribution >= 0.6 is 0 Å². The first-order valence-electron chi connectivity index (χ1n) is 3.71. The van der Waals surface area contributed by atoms with Gasteiger partial charge in [-0.3, -0.25) is 0 Å². The summed E-state index contributed by atoms with van der Waals surface area (Å²) < 4.78 is 0. The van der Waals surface area contributed by atoms with Crippen molar-refractivity contribution >= 4 is 0 Å². The maximum Gasteiger partial charge on any atom is 2.00 e. The summed E-state index contributed by atoms with van der Waals surface area (Å²) in [6, 6.07) is 0. The van der Waals surface area contributed by atoms with Gasteiger partial charge in [0.1, 0.15) is 0 Å². The third-order valence-electron chi connectivity index (χ3n) is 1.53. The van der Waals surface area contributed by atoms with Gasteiger partial charge in [0, 0.05) is 13.1 Å². The van der Waals surface area contributed by atoms with Crippen molar-refractivity contribution in [3.05, 3.63) is 14.9 Å².